The highest BCUT2D eigenvalue weighted by Gasteiger charge is 2.48. The van der Waals surface area contributed by atoms with Crippen molar-refractivity contribution in [2.75, 3.05) is 40.4 Å². The predicted molar refractivity (Wildman–Crippen MR) is 184 cm³/mol. The third-order valence-corrected chi connectivity index (χ3v) is 12.1. The number of nitrogens with one attached hydrogen (secondary N) is 2. The van der Waals surface area contributed by atoms with Gasteiger partial charge in [-0.05, 0) is 147 Å². The lowest BCUT2D eigenvalue weighted by atomic mass is 9.66. The van der Waals surface area contributed by atoms with Gasteiger partial charge in [-0.1, -0.05) is 24.3 Å². The van der Waals surface area contributed by atoms with Crippen LogP contribution < -0.4 is 20.1 Å². The van der Waals surface area contributed by atoms with Crippen molar-refractivity contribution < 1.29 is 28.5 Å². The Morgan fingerprint density at radius 1 is 0.688 bits per heavy atom. The van der Waals surface area contributed by atoms with Gasteiger partial charge in [0.2, 0.25) is 0 Å². The number of carbonyl (C=O) groups excluding carboxylic acids is 2. The molecule has 0 bridgehead atoms. The first-order valence-corrected chi connectivity index (χ1v) is 18.4. The third kappa shape index (κ3) is 8.02. The zero-order valence-electron chi connectivity index (χ0n) is 28.8. The number of carbonyl (C=O) groups is 2. The van der Waals surface area contributed by atoms with Gasteiger partial charge in [0.15, 0.2) is 0 Å². The molecule has 2 aromatic rings. The molecule has 2 aliphatic heterocycles. The smallest absolute Gasteiger partial charge is 0.306 e. The molecule has 2 atom stereocenters. The van der Waals surface area contributed by atoms with Crippen LogP contribution in [0.25, 0.3) is 0 Å². The van der Waals surface area contributed by atoms with Gasteiger partial charge in [0.25, 0.3) is 0 Å². The molecule has 0 aromatic heterocycles. The highest BCUT2D eigenvalue weighted by molar-refractivity contribution is 5.71. The summed E-state index contributed by atoms with van der Waals surface area (Å²) in [5.41, 5.74) is 3.45. The van der Waals surface area contributed by atoms with E-state index in [1.165, 1.54) is 89.6 Å². The second-order valence-electron chi connectivity index (χ2n) is 15.7. The molecule has 6 fully saturated rings. The molecule has 2 spiro atoms. The number of esters is 2. The fraction of sp³-hybridized carbons (Fsp3) is 0.650. The average Bonchev–Trinajstić information content (AvgIpc) is 4.00. The molecule has 8 rings (SSSR count). The Bertz CT molecular complexity index is 1300. The van der Waals surface area contributed by atoms with E-state index in [2.05, 4.69) is 47.0 Å². The van der Waals surface area contributed by atoms with Crippen molar-refractivity contribution in [2.24, 2.45) is 22.7 Å². The molecule has 2 saturated heterocycles. The van der Waals surface area contributed by atoms with Crippen molar-refractivity contribution in [1.82, 2.24) is 10.6 Å². The summed E-state index contributed by atoms with van der Waals surface area (Å²) in [4.78, 5) is 23.5. The van der Waals surface area contributed by atoms with Gasteiger partial charge in [0, 0.05) is 13.1 Å². The molecular formula is C40H54N2O6. The number of benzene rings is 2. The number of hydrogen-bond acceptors (Lipinski definition) is 8. The van der Waals surface area contributed by atoms with E-state index in [-0.39, 0.29) is 23.8 Å². The zero-order chi connectivity index (χ0) is 33.1. The second kappa shape index (κ2) is 14.4. The molecule has 2 aromatic carbocycles. The van der Waals surface area contributed by atoms with Crippen LogP contribution in [0.5, 0.6) is 11.5 Å². The van der Waals surface area contributed by atoms with Crippen LogP contribution in [0.2, 0.25) is 0 Å². The lowest BCUT2D eigenvalue weighted by Crippen LogP contribution is -2.45. The van der Waals surface area contributed by atoms with E-state index in [1.54, 1.807) is 0 Å². The van der Waals surface area contributed by atoms with E-state index in [0.717, 1.165) is 37.7 Å². The van der Waals surface area contributed by atoms with Crippen molar-refractivity contribution in [2.45, 2.75) is 101 Å². The molecule has 0 radical (unpaired) electrons. The van der Waals surface area contributed by atoms with Crippen molar-refractivity contribution >= 4 is 11.9 Å². The highest BCUT2D eigenvalue weighted by Crippen LogP contribution is 2.50. The molecule has 4 aliphatic carbocycles. The summed E-state index contributed by atoms with van der Waals surface area (Å²) in [6.07, 6.45) is 13.7. The van der Waals surface area contributed by atoms with Crippen LogP contribution in [0, 0.1) is 22.7 Å². The average molecular weight is 659 g/mol. The van der Waals surface area contributed by atoms with Crippen molar-refractivity contribution in [1.29, 1.82) is 0 Å². The third-order valence-electron chi connectivity index (χ3n) is 12.1. The topological polar surface area (TPSA) is 95.1 Å². The summed E-state index contributed by atoms with van der Waals surface area (Å²) in [5, 5.41) is 6.93. The first kappa shape index (κ1) is 33.4. The van der Waals surface area contributed by atoms with Crippen LogP contribution in [0.15, 0.2) is 48.5 Å². The van der Waals surface area contributed by atoms with E-state index < -0.39 is 0 Å². The molecule has 4 saturated carbocycles. The van der Waals surface area contributed by atoms with Gasteiger partial charge < -0.3 is 29.6 Å². The quantitative estimate of drug-likeness (QED) is 0.249. The fourth-order valence-corrected chi connectivity index (χ4v) is 8.93. The Balaban J connectivity index is 0.000000152. The minimum absolute atomic E-state index is 0.118. The minimum atomic E-state index is -0.118. The first-order valence-electron chi connectivity index (χ1n) is 18.4. The Kier molecular flexibility index (Phi) is 10.0. The van der Waals surface area contributed by atoms with Crippen LogP contribution in [-0.4, -0.2) is 64.5 Å². The summed E-state index contributed by atoms with van der Waals surface area (Å²) in [7, 11) is 2.94. The number of rotatable bonds is 12. The Hall–Kier alpha value is -3.10. The molecule has 8 nitrogen and oxygen atoms in total. The van der Waals surface area contributed by atoms with E-state index in [9.17, 15) is 9.59 Å². The van der Waals surface area contributed by atoms with Crippen LogP contribution in [0.4, 0.5) is 0 Å². The molecular weight excluding hydrogens is 604 g/mol. The van der Waals surface area contributed by atoms with Gasteiger partial charge in [0.1, 0.15) is 11.5 Å². The van der Waals surface area contributed by atoms with Crippen LogP contribution in [0.3, 0.4) is 0 Å². The largest absolute Gasteiger partial charge is 0.490 e. The maximum Gasteiger partial charge on any atom is 0.306 e. The Morgan fingerprint density at radius 3 is 1.44 bits per heavy atom. The van der Waals surface area contributed by atoms with Gasteiger partial charge >= 0.3 is 11.9 Å². The number of hydrogen-bond donors (Lipinski definition) is 2. The summed E-state index contributed by atoms with van der Waals surface area (Å²) in [5.74, 6) is 3.45. The van der Waals surface area contributed by atoms with Gasteiger partial charge in [-0.25, -0.2) is 0 Å². The molecule has 0 unspecified atom stereocenters. The zero-order valence-corrected chi connectivity index (χ0v) is 28.8. The maximum absolute atomic E-state index is 11.7. The lowest BCUT2D eigenvalue weighted by Gasteiger charge is -2.44. The second-order valence-corrected chi connectivity index (χ2v) is 15.7. The predicted octanol–water partition coefficient (Wildman–Crippen LogP) is 6.53. The molecule has 2 N–H and O–H groups in total. The van der Waals surface area contributed by atoms with Crippen LogP contribution >= 0.6 is 0 Å². The van der Waals surface area contributed by atoms with Gasteiger partial charge in [-0.3, -0.25) is 9.59 Å². The van der Waals surface area contributed by atoms with E-state index >= 15 is 0 Å². The number of methoxy groups -OCH3 is 2. The Labute approximate surface area is 286 Å². The molecule has 48 heavy (non-hydrogen) atoms. The molecule has 8 heteroatoms. The lowest BCUT2D eigenvalue weighted by molar-refractivity contribution is -0.142. The standard InChI is InChI=1S/2C20H27NO3/c2*1-23-19(22)10-18(14-5-6-14)15-3-2-4-16(9-15)24-17-11-20(12-17)7-8-21-13-20/h2*2-4,9,14,17-18,21H,5-8,10-13H2,1H3/t2*17?,18-,20?/m00/s1. The molecule has 260 valence electrons. The van der Waals surface area contributed by atoms with E-state index in [1.807, 2.05) is 12.1 Å². The van der Waals surface area contributed by atoms with Crippen molar-refractivity contribution in [3.8, 4) is 11.5 Å². The van der Waals surface area contributed by atoms with Gasteiger partial charge in [0.05, 0.1) is 39.3 Å². The van der Waals surface area contributed by atoms with Crippen molar-refractivity contribution in [3.63, 3.8) is 0 Å². The molecule has 2 heterocycles. The summed E-state index contributed by atoms with van der Waals surface area (Å²) in [6, 6.07) is 16.7. The van der Waals surface area contributed by atoms with Crippen molar-refractivity contribution in [3.05, 3.63) is 59.7 Å². The van der Waals surface area contributed by atoms with E-state index in [0.29, 0.717) is 47.7 Å². The first-order chi connectivity index (χ1) is 23.3. The Morgan fingerprint density at radius 2 is 1.10 bits per heavy atom. The van der Waals surface area contributed by atoms with Gasteiger partial charge in [-0.2, -0.15) is 0 Å². The van der Waals surface area contributed by atoms with Crippen LogP contribution in [-0.2, 0) is 19.1 Å². The summed E-state index contributed by atoms with van der Waals surface area (Å²) < 4.78 is 22.2. The SMILES string of the molecule is COC(=O)C[C@H](c1cccc(OC2CC3(CCNC3)C2)c1)C1CC1.COC(=O)C[C@H](c1cccc(OC2CC3(CCNC3)C2)c1)C1CC1. The highest BCUT2D eigenvalue weighted by atomic mass is 16.5. The van der Waals surface area contributed by atoms with Gasteiger partial charge in [-0.15, -0.1) is 0 Å². The molecule has 0 amide bonds. The summed E-state index contributed by atoms with van der Waals surface area (Å²) in [6.45, 7) is 4.60. The number of ether oxygens (including phenoxy) is 4. The minimum Gasteiger partial charge on any atom is -0.490 e. The van der Waals surface area contributed by atoms with E-state index in [4.69, 9.17) is 18.9 Å². The monoisotopic (exact) mass is 658 g/mol. The fourth-order valence-electron chi connectivity index (χ4n) is 8.93. The summed E-state index contributed by atoms with van der Waals surface area (Å²) >= 11 is 0. The molecule has 6 aliphatic rings. The normalized spacial score (nSPS) is 30.0. The maximum atomic E-state index is 11.7. The van der Waals surface area contributed by atoms with Crippen LogP contribution in [0.1, 0.15) is 100 Å².